The highest BCUT2D eigenvalue weighted by Gasteiger charge is 2.43. The molecule has 0 aromatic heterocycles. The van der Waals surface area contributed by atoms with Gasteiger partial charge in [-0.2, -0.15) is 18.3 Å². The van der Waals surface area contributed by atoms with E-state index in [9.17, 15) is 18.0 Å². The van der Waals surface area contributed by atoms with E-state index >= 15 is 0 Å². The predicted octanol–water partition coefficient (Wildman–Crippen LogP) is 4.31. The number of hydrogen-bond donors (Lipinski definition) is 0. The fourth-order valence-electron chi connectivity index (χ4n) is 1.92. The summed E-state index contributed by atoms with van der Waals surface area (Å²) in [4.78, 5) is 11.7. The van der Waals surface area contributed by atoms with E-state index in [-0.39, 0.29) is 6.61 Å². The number of hydrazone groups is 1. The molecule has 2 aromatic rings. The molecule has 0 unspecified atom stereocenters. The molecule has 0 N–H and O–H groups in total. The first-order chi connectivity index (χ1) is 11.4. The Hall–Kier alpha value is -2.83. The van der Waals surface area contributed by atoms with Crippen molar-refractivity contribution in [1.82, 2.24) is 0 Å². The maximum atomic E-state index is 13.2. The van der Waals surface area contributed by atoms with Crippen molar-refractivity contribution in [2.75, 3.05) is 11.6 Å². The Bertz CT molecular complexity index is 661. The molecule has 2 aromatic carbocycles. The molecule has 0 aliphatic rings. The van der Waals surface area contributed by atoms with Gasteiger partial charge >= 0.3 is 12.1 Å². The van der Waals surface area contributed by atoms with Crippen molar-refractivity contribution in [3.05, 3.63) is 60.7 Å². The SMILES string of the molecule is CCOC(=O)/C(=N/N(c1ccccc1)c1ccccc1)C(F)(F)F. The number of alkyl halides is 3. The number of para-hydroxylation sites is 2. The van der Waals surface area contributed by atoms with Gasteiger partial charge in [-0.1, -0.05) is 36.4 Å². The lowest BCUT2D eigenvalue weighted by atomic mass is 10.2. The number of carbonyl (C=O) groups excluding carboxylic acids is 1. The van der Waals surface area contributed by atoms with Crippen molar-refractivity contribution in [2.45, 2.75) is 13.1 Å². The smallest absolute Gasteiger partial charge is 0.442 e. The maximum absolute atomic E-state index is 13.2. The van der Waals surface area contributed by atoms with Crippen molar-refractivity contribution in [2.24, 2.45) is 5.10 Å². The molecule has 0 saturated carbocycles. The Morgan fingerprint density at radius 2 is 1.46 bits per heavy atom. The van der Waals surface area contributed by atoms with Gasteiger partial charge in [0.05, 0.1) is 18.0 Å². The van der Waals surface area contributed by atoms with Crippen LogP contribution in [0.4, 0.5) is 24.5 Å². The number of anilines is 2. The molecule has 126 valence electrons. The Labute approximate surface area is 137 Å². The van der Waals surface area contributed by atoms with Gasteiger partial charge in [0.1, 0.15) is 0 Å². The number of esters is 1. The van der Waals surface area contributed by atoms with Crippen LogP contribution in [0, 0.1) is 0 Å². The minimum Gasteiger partial charge on any atom is -0.461 e. The summed E-state index contributed by atoms with van der Waals surface area (Å²) in [6.45, 7) is 1.25. The molecule has 0 aliphatic heterocycles. The Morgan fingerprint density at radius 1 is 1.00 bits per heavy atom. The van der Waals surface area contributed by atoms with Gasteiger partial charge in [0.25, 0.3) is 0 Å². The molecular formula is C17H15F3N2O2. The molecule has 0 aliphatic carbocycles. The quantitative estimate of drug-likeness (QED) is 0.464. The average Bonchev–Trinajstić information content (AvgIpc) is 2.56. The molecular weight excluding hydrogens is 321 g/mol. The largest absolute Gasteiger partial charge is 0.461 e. The van der Waals surface area contributed by atoms with Gasteiger partial charge in [0.15, 0.2) is 0 Å². The molecule has 7 heteroatoms. The first-order valence-electron chi connectivity index (χ1n) is 7.16. The molecule has 0 radical (unpaired) electrons. The molecule has 0 spiro atoms. The van der Waals surface area contributed by atoms with Gasteiger partial charge in [0.2, 0.25) is 5.71 Å². The van der Waals surface area contributed by atoms with Gasteiger partial charge in [0, 0.05) is 0 Å². The minimum atomic E-state index is -4.94. The molecule has 0 saturated heterocycles. The van der Waals surface area contributed by atoms with Crippen LogP contribution in [0.2, 0.25) is 0 Å². The van der Waals surface area contributed by atoms with E-state index in [4.69, 9.17) is 0 Å². The van der Waals surface area contributed by atoms with E-state index in [1.54, 1.807) is 60.7 Å². The van der Waals surface area contributed by atoms with Crippen molar-refractivity contribution in [3.8, 4) is 0 Å². The van der Waals surface area contributed by atoms with Crippen LogP contribution in [0.25, 0.3) is 0 Å². The minimum absolute atomic E-state index is 0.176. The van der Waals surface area contributed by atoms with Crippen LogP contribution >= 0.6 is 0 Å². The topological polar surface area (TPSA) is 41.9 Å². The number of nitrogens with zero attached hydrogens (tertiary/aromatic N) is 2. The summed E-state index contributed by atoms with van der Waals surface area (Å²) in [5.41, 5.74) is -0.846. The van der Waals surface area contributed by atoms with Crippen LogP contribution in [0.15, 0.2) is 65.8 Å². The highest BCUT2D eigenvalue weighted by molar-refractivity contribution is 6.39. The van der Waals surface area contributed by atoms with E-state index in [0.29, 0.717) is 11.4 Å². The Kier molecular flexibility index (Phi) is 5.57. The van der Waals surface area contributed by atoms with Crippen molar-refractivity contribution >= 4 is 23.1 Å². The van der Waals surface area contributed by atoms with Gasteiger partial charge in [-0.05, 0) is 31.2 Å². The lowest BCUT2D eigenvalue weighted by Crippen LogP contribution is -2.35. The zero-order valence-electron chi connectivity index (χ0n) is 12.8. The van der Waals surface area contributed by atoms with Crippen LogP contribution in [0.3, 0.4) is 0 Å². The van der Waals surface area contributed by atoms with E-state index in [2.05, 4.69) is 9.84 Å². The summed E-state index contributed by atoms with van der Waals surface area (Å²) in [6, 6.07) is 16.5. The maximum Gasteiger partial charge on any atom is 0.442 e. The molecule has 2 rings (SSSR count). The molecule has 0 heterocycles. The number of hydrogen-bond acceptors (Lipinski definition) is 4. The molecule has 0 fully saturated rings. The lowest BCUT2D eigenvalue weighted by Gasteiger charge is -2.21. The number of halogens is 3. The lowest BCUT2D eigenvalue weighted by molar-refractivity contribution is -0.139. The number of rotatable bonds is 5. The molecule has 0 bridgehead atoms. The van der Waals surface area contributed by atoms with Crippen LogP contribution in [0.1, 0.15) is 6.92 Å². The summed E-state index contributed by atoms with van der Waals surface area (Å²) >= 11 is 0. The van der Waals surface area contributed by atoms with Crippen molar-refractivity contribution in [1.29, 1.82) is 0 Å². The molecule has 0 atom stereocenters. The summed E-state index contributed by atoms with van der Waals surface area (Å²) in [5.74, 6) is -1.51. The van der Waals surface area contributed by atoms with Crippen molar-refractivity contribution in [3.63, 3.8) is 0 Å². The molecule has 4 nitrogen and oxygen atoms in total. The second-order valence-electron chi connectivity index (χ2n) is 4.65. The number of ether oxygens (including phenoxy) is 1. The van der Waals surface area contributed by atoms with Crippen LogP contribution in [0.5, 0.6) is 0 Å². The van der Waals surface area contributed by atoms with Gasteiger partial charge in [-0.25, -0.2) is 9.80 Å². The van der Waals surface area contributed by atoms with E-state index in [0.717, 1.165) is 5.01 Å². The number of benzene rings is 2. The first kappa shape index (κ1) is 17.5. The summed E-state index contributed by atoms with van der Waals surface area (Å²) in [7, 11) is 0. The third-order valence-electron chi connectivity index (χ3n) is 2.94. The Balaban J connectivity index is 2.55. The monoisotopic (exact) mass is 336 g/mol. The van der Waals surface area contributed by atoms with E-state index in [1.807, 2.05) is 0 Å². The summed E-state index contributed by atoms with van der Waals surface area (Å²) in [5, 5.41) is 4.61. The van der Waals surface area contributed by atoms with Crippen molar-refractivity contribution < 1.29 is 22.7 Å². The van der Waals surface area contributed by atoms with E-state index < -0.39 is 17.9 Å². The average molecular weight is 336 g/mol. The third kappa shape index (κ3) is 4.34. The molecule has 0 amide bonds. The standard InChI is InChI=1S/C17H15F3N2O2/c1-2-24-16(23)15(17(18,19)20)21-22(13-9-5-3-6-10-13)14-11-7-4-8-12-14/h3-12H,2H2,1H3/b21-15-. The second-order valence-corrected chi connectivity index (χ2v) is 4.65. The van der Waals surface area contributed by atoms with Crippen LogP contribution in [-0.4, -0.2) is 24.5 Å². The van der Waals surface area contributed by atoms with Crippen LogP contribution < -0.4 is 5.01 Å². The first-order valence-corrected chi connectivity index (χ1v) is 7.16. The Morgan fingerprint density at radius 3 is 1.83 bits per heavy atom. The normalized spacial score (nSPS) is 11.9. The summed E-state index contributed by atoms with van der Waals surface area (Å²) < 4.78 is 44.2. The molecule has 24 heavy (non-hydrogen) atoms. The zero-order valence-corrected chi connectivity index (χ0v) is 12.8. The highest BCUT2D eigenvalue weighted by atomic mass is 19.4. The second kappa shape index (κ2) is 7.63. The summed E-state index contributed by atoms with van der Waals surface area (Å²) in [6.07, 6.45) is -4.94. The fraction of sp³-hybridized carbons (Fsp3) is 0.176. The zero-order chi connectivity index (χ0) is 17.6. The van der Waals surface area contributed by atoms with Gasteiger partial charge in [-0.3, -0.25) is 0 Å². The number of carbonyl (C=O) groups is 1. The third-order valence-corrected chi connectivity index (χ3v) is 2.94. The van der Waals surface area contributed by atoms with Gasteiger partial charge < -0.3 is 4.74 Å². The predicted molar refractivity (Wildman–Crippen MR) is 85.1 cm³/mol. The van der Waals surface area contributed by atoms with E-state index in [1.165, 1.54) is 6.92 Å². The van der Waals surface area contributed by atoms with Crippen LogP contribution in [-0.2, 0) is 9.53 Å². The van der Waals surface area contributed by atoms with Gasteiger partial charge in [-0.15, -0.1) is 0 Å². The fourth-order valence-corrected chi connectivity index (χ4v) is 1.92. The highest BCUT2D eigenvalue weighted by Crippen LogP contribution is 2.28.